The predicted molar refractivity (Wildman–Crippen MR) is 73.3 cm³/mol. The monoisotopic (exact) mass is 266 g/mol. The maximum Gasteiger partial charge on any atom is 0.257 e. The first-order valence-electron chi connectivity index (χ1n) is 6.16. The number of aryl methyl sites for hydroxylation is 1. The predicted octanol–water partition coefficient (Wildman–Crippen LogP) is 1.09. The summed E-state index contributed by atoms with van der Waals surface area (Å²) in [5, 5.41) is 4.03. The Bertz CT molecular complexity index is 451. The third-order valence-corrected chi connectivity index (χ3v) is 3.43. The maximum atomic E-state index is 12.4. The first-order chi connectivity index (χ1) is 8.58. The summed E-state index contributed by atoms with van der Waals surface area (Å²) >= 11 is 4.94. The molecule has 0 radical (unpaired) electrons. The van der Waals surface area contributed by atoms with Crippen LogP contribution >= 0.6 is 12.2 Å². The van der Waals surface area contributed by atoms with Crippen LogP contribution in [0.15, 0.2) is 12.4 Å². The van der Waals surface area contributed by atoms with Crippen molar-refractivity contribution in [2.45, 2.75) is 31.7 Å². The van der Waals surface area contributed by atoms with Gasteiger partial charge >= 0.3 is 0 Å². The molecule has 1 fully saturated rings. The van der Waals surface area contributed by atoms with Crippen molar-refractivity contribution < 1.29 is 4.79 Å². The van der Waals surface area contributed by atoms with Crippen LogP contribution in [0, 0.1) is 0 Å². The molecule has 98 valence electrons. The lowest BCUT2D eigenvalue weighted by atomic mass is 10.2. The van der Waals surface area contributed by atoms with Gasteiger partial charge < -0.3 is 10.6 Å². The normalized spacial score (nSPS) is 15.8. The van der Waals surface area contributed by atoms with Crippen LogP contribution in [0.2, 0.25) is 0 Å². The van der Waals surface area contributed by atoms with Crippen molar-refractivity contribution in [3.63, 3.8) is 0 Å². The number of carbonyl (C=O) groups excluding carboxylic acids is 1. The Morgan fingerprint density at radius 1 is 1.61 bits per heavy atom. The number of hydrogen-bond donors (Lipinski definition) is 1. The Morgan fingerprint density at radius 2 is 2.28 bits per heavy atom. The standard InChI is InChI=1S/C12H18N4OS/c1-15-7-9(6-14-15)12(17)16(8-11(13)18)10-4-2-3-5-10/h6-7,10H,2-5,8H2,1H3,(H2,13,18). The summed E-state index contributed by atoms with van der Waals surface area (Å²) < 4.78 is 1.63. The number of amides is 1. The number of nitrogens with zero attached hydrogens (tertiary/aromatic N) is 3. The lowest BCUT2D eigenvalue weighted by Crippen LogP contribution is -2.43. The highest BCUT2D eigenvalue weighted by molar-refractivity contribution is 7.80. The van der Waals surface area contributed by atoms with Crippen LogP contribution in [0.4, 0.5) is 0 Å². The van der Waals surface area contributed by atoms with Crippen LogP contribution in [0.3, 0.4) is 0 Å². The molecule has 0 atom stereocenters. The van der Waals surface area contributed by atoms with Crippen LogP contribution in [-0.4, -0.2) is 38.2 Å². The largest absolute Gasteiger partial charge is 0.392 e. The molecule has 0 unspecified atom stereocenters. The van der Waals surface area contributed by atoms with E-state index in [9.17, 15) is 4.79 Å². The maximum absolute atomic E-state index is 12.4. The van der Waals surface area contributed by atoms with Gasteiger partial charge in [0, 0.05) is 19.3 Å². The summed E-state index contributed by atoms with van der Waals surface area (Å²) in [6.07, 6.45) is 7.72. The number of thiocarbonyl (C=S) groups is 1. The Labute approximate surface area is 112 Å². The lowest BCUT2D eigenvalue weighted by Gasteiger charge is -2.28. The number of rotatable bonds is 4. The Kier molecular flexibility index (Phi) is 3.96. The van der Waals surface area contributed by atoms with Gasteiger partial charge in [0.2, 0.25) is 0 Å². The van der Waals surface area contributed by atoms with Crippen molar-refractivity contribution in [1.29, 1.82) is 0 Å². The zero-order valence-electron chi connectivity index (χ0n) is 10.5. The van der Waals surface area contributed by atoms with Crippen LogP contribution in [0.5, 0.6) is 0 Å². The van der Waals surface area contributed by atoms with Crippen LogP contribution in [0.25, 0.3) is 0 Å². The van der Waals surface area contributed by atoms with E-state index in [1.807, 2.05) is 0 Å². The van der Waals surface area contributed by atoms with Crippen molar-refractivity contribution in [2.24, 2.45) is 12.8 Å². The summed E-state index contributed by atoms with van der Waals surface area (Å²) in [5.74, 6) is -0.0252. The fraction of sp³-hybridized carbons (Fsp3) is 0.583. The van der Waals surface area contributed by atoms with Crippen LogP contribution in [-0.2, 0) is 7.05 Å². The lowest BCUT2D eigenvalue weighted by molar-refractivity contribution is 0.0714. The topological polar surface area (TPSA) is 64.2 Å². The van der Waals surface area contributed by atoms with Gasteiger partial charge in [0.05, 0.1) is 23.3 Å². The molecule has 1 aliphatic carbocycles. The van der Waals surface area contributed by atoms with E-state index in [-0.39, 0.29) is 11.9 Å². The van der Waals surface area contributed by atoms with Gasteiger partial charge in [-0.3, -0.25) is 9.48 Å². The smallest absolute Gasteiger partial charge is 0.257 e. The first-order valence-corrected chi connectivity index (χ1v) is 6.56. The Hall–Kier alpha value is -1.43. The number of carbonyl (C=O) groups is 1. The first kappa shape index (κ1) is 13.0. The molecule has 18 heavy (non-hydrogen) atoms. The van der Waals surface area contributed by atoms with E-state index in [1.54, 1.807) is 29.0 Å². The molecule has 0 bridgehead atoms. The van der Waals surface area contributed by atoms with Crippen molar-refractivity contribution in [2.75, 3.05) is 6.54 Å². The summed E-state index contributed by atoms with van der Waals surface area (Å²) in [7, 11) is 1.80. The van der Waals surface area contributed by atoms with E-state index in [0.29, 0.717) is 17.1 Å². The van der Waals surface area contributed by atoms with Crippen molar-refractivity contribution in [3.05, 3.63) is 18.0 Å². The summed E-state index contributed by atoms with van der Waals surface area (Å²) in [6, 6.07) is 0.263. The zero-order valence-corrected chi connectivity index (χ0v) is 11.3. The second-order valence-electron chi connectivity index (χ2n) is 4.74. The molecule has 0 saturated heterocycles. The highest BCUT2D eigenvalue weighted by Gasteiger charge is 2.28. The number of nitrogens with two attached hydrogens (primary N) is 1. The highest BCUT2D eigenvalue weighted by Crippen LogP contribution is 2.24. The van der Waals surface area contributed by atoms with Crippen LogP contribution < -0.4 is 5.73 Å². The molecule has 0 aliphatic heterocycles. The Balaban J connectivity index is 2.17. The molecular formula is C12H18N4OS. The molecule has 2 rings (SSSR count). The molecular weight excluding hydrogens is 248 g/mol. The third-order valence-electron chi connectivity index (χ3n) is 3.30. The average molecular weight is 266 g/mol. The van der Waals surface area contributed by atoms with Crippen molar-refractivity contribution in [3.8, 4) is 0 Å². The SMILES string of the molecule is Cn1cc(C(=O)N(CC(N)=S)C2CCCC2)cn1. The van der Waals surface area contributed by atoms with Gasteiger partial charge in [-0.1, -0.05) is 25.1 Å². The minimum absolute atomic E-state index is 0.0252. The van der Waals surface area contributed by atoms with E-state index in [2.05, 4.69) is 5.10 Å². The van der Waals surface area contributed by atoms with Crippen LogP contribution in [0.1, 0.15) is 36.0 Å². The summed E-state index contributed by atoms with van der Waals surface area (Å²) in [5.41, 5.74) is 6.20. The second kappa shape index (κ2) is 5.48. The Morgan fingerprint density at radius 3 is 2.78 bits per heavy atom. The molecule has 0 aromatic carbocycles. The van der Waals surface area contributed by atoms with Gasteiger partial charge in [-0.2, -0.15) is 5.10 Å². The van der Waals surface area contributed by atoms with Gasteiger partial charge in [0.15, 0.2) is 0 Å². The van der Waals surface area contributed by atoms with E-state index in [0.717, 1.165) is 12.8 Å². The third kappa shape index (κ3) is 2.87. The molecule has 6 heteroatoms. The van der Waals surface area contributed by atoms with Gasteiger partial charge in [0.25, 0.3) is 5.91 Å². The second-order valence-corrected chi connectivity index (χ2v) is 5.26. The molecule has 1 amide bonds. The molecule has 1 aromatic rings. The molecule has 5 nitrogen and oxygen atoms in total. The fourth-order valence-electron chi connectivity index (χ4n) is 2.45. The van der Waals surface area contributed by atoms with Crippen molar-refractivity contribution >= 4 is 23.1 Å². The highest BCUT2D eigenvalue weighted by atomic mass is 32.1. The molecule has 1 heterocycles. The minimum atomic E-state index is -0.0252. The quantitative estimate of drug-likeness (QED) is 0.829. The number of aromatic nitrogens is 2. The molecule has 1 aromatic heterocycles. The van der Waals surface area contributed by atoms with Gasteiger partial charge in [-0.25, -0.2) is 0 Å². The minimum Gasteiger partial charge on any atom is -0.392 e. The van der Waals surface area contributed by atoms with Gasteiger partial charge in [-0.05, 0) is 12.8 Å². The van der Waals surface area contributed by atoms with Gasteiger partial charge in [-0.15, -0.1) is 0 Å². The van der Waals surface area contributed by atoms with E-state index in [4.69, 9.17) is 18.0 Å². The fourth-order valence-corrected chi connectivity index (χ4v) is 2.59. The summed E-state index contributed by atoms with van der Waals surface area (Å²) in [4.78, 5) is 14.6. The van der Waals surface area contributed by atoms with Gasteiger partial charge in [0.1, 0.15) is 0 Å². The average Bonchev–Trinajstić information content (AvgIpc) is 2.95. The molecule has 0 spiro atoms. The van der Waals surface area contributed by atoms with Crippen molar-refractivity contribution in [1.82, 2.24) is 14.7 Å². The molecule has 1 aliphatic rings. The van der Waals surface area contributed by atoms with E-state index < -0.39 is 0 Å². The summed E-state index contributed by atoms with van der Waals surface area (Å²) in [6.45, 7) is 0.355. The van der Waals surface area contributed by atoms with E-state index in [1.165, 1.54) is 12.8 Å². The molecule has 1 saturated carbocycles. The number of hydrogen-bond acceptors (Lipinski definition) is 3. The zero-order chi connectivity index (χ0) is 13.1. The molecule has 2 N–H and O–H groups in total. The van der Waals surface area contributed by atoms with E-state index >= 15 is 0 Å².